The summed E-state index contributed by atoms with van der Waals surface area (Å²) < 4.78 is 16.7. The summed E-state index contributed by atoms with van der Waals surface area (Å²) in [5.74, 6) is -0.405. The largest absolute Gasteiger partial charge is 0.394 e. The highest BCUT2D eigenvalue weighted by Gasteiger charge is 2.37. The number of nitrogens with zero attached hydrogens (tertiary/aromatic N) is 5. The number of primary amides is 1. The fourth-order valence-corrected chi connectivity index (χ4v) is 4.53. The summed E-state index contributed by atoms with van der Waals surface area (Å²) in [5.41, 5.74) is 6.10. The molecule has 0 spiro atoms. The Morgan fingerprint density at radius 2 is 2.14 bits per heavy atom. The molecule has 1 aliphatic carbocycles. The molecule has 0 aliphatic heterocycles. The quantitative estimate of drug-likeness (QED) is 0.383. The Balaban J connectivity index is 1.78. The van der Waals surface area contributed by atoms with Gasteiger partial charge in [0, 0.05) is 17.5 Å². The van der Waals surface area contributed by atoms with Crippen LogP contribution < -0.4 is 16.4 Å². The van der Waals surface area contributed by atoms with Gasteiger partial charge in [0.1, 0.15) is 11.3 Å². The molecule has 2 aromatic heterocycles. The van der Waals surface area contributed by atoms with Crippen LogP contribution in [0.15, 0.2) is 18.3 Å². The second kappa shape index (κ2) is 9.64. The van der Waals surface area contributed by atoms with Crippen molar-refractivity contribution >= 4 is 46.3 Å². The highest BCUT2D eigenvalue weighted by atomic mass is 35.5. The molecule has 5 N–H and O–H groups in total. The number of aromatic nitrogens is 4. The van der Waals surface area contributed by atoms with E-state index in [9.17, 15) is 14.3 Å². The summed E-state index contributed by atoms with van der Waals surface area (Å²) in [4.78, 5) is 25.4. The third-order valence-corrected chi connectivity index (χ3v) is 6.81. The average Bonchev–Trinajstić information content (AvgIpc) is 3.18. The number of carbonyl (C=O) groups excluding carboxylic acids is 1. The predicted octanol–water partition coefficient (Wildman–Crippen LogP) is 3.63. The van der Waals surface area contributed by atoms with Gasteiger partial charge in [0.05, 0.1) is 35.1 Å². The number of nitrogens with two attached hydrogens (primary N) is 1. The number of aliphatic hydroxyl groups is 1. The maximum absolute atomic E-state index is 14.8. The van der Waals surface area contributed by atoms with Gasteiger partial charge in [0.15, 0.2) is 5.65 Å². The maximum Gasteiger partial charge on any atom is 0.225 e. The van der Waals surface area contributed by atoms with E-state index in [2.05, 4.69) is 25.6 Å². The molecule has 1 aliphatic rings. The van der Waals surface area contributed by atoms with Crippen LogP contribution in [0.3, 0.4) is 0 Å². The molecule has 4 rings (SSSR count). The minimum absolute atomic E-state index is 0.0137. The van der Waals surface area contributed by atoms with Crippen LogP contribution in [0.1, 0.15) is 51.1 Å². The van der Waals surface area contributed by atoms with Crippen molar-refractivity contribution in [2.24, 2.45) is 11.1 Å². The third-order valence-electron chi connectivity index (χ3n) is 6.51. The highest BCUT2D eigenvalue weighted by Crippen LogP contribution is 2.43. The van der Waals surface area contributed by atoms with E-state index in [-0.39, 0.29) is 40.9 Å². The zero-order chi connectivity index (χ0) is 25.3. The first-order valence-electron chi connectivity index (χ1n) is 11.2. The van der Waals surface area contributed by atoms with Crippen LogP contribution in [-0.4, -0.2) is 43.2 Å². The van der Waals surface area contributed by atoms with Gasteiger partial charge in [-0.2, -0.15) is 10.2 Å². The van der Waals surface area contributed by atoms with Gasteiger partial charge in [-0.1, -0.05) is 18.5 Å². The van der Waals surface area contributed by atoms with Crippen LogP contribution >= 0.6 is 11.6 Å². The van der Waals surface area contributed by atoms with Gasteiger partial charge in [-0.05, 0) is 44.7 Å². The van der Waals surface area contributed by atoms with E-state index in [0.717, 1.165) is 6.07 Å². The number of halogens is 2. The number of hydrogen-bond donors (Lipinski definition) is 4. The molecule has 0 unspecified atom stereocenters. The van der Waals surface area contributed by atoms with E-state index >= 15 is 0 Å². The van der Waals surface area contributed by atoms with Crippen molar-refractivity contribution in [2.45, 2.75) is 51.6 Å². The number of fused-ring (bicyclic) bond motifs is 1. The van der Waals surface area contributed by atoms with Crippen LogP contribution in [0.4, 0.5) is 22.0 Å². The van der Waals surface area contributed by atoms with Gasteiger partial charge in [-0.3, -0.25) is 9.36 Å². The summed E-state index contributed by atoms with van der Waals surface area (Å²) in [6, 6.07) is 3.97. The van der Waals surface area contributed by atoms with Crippen LogP contribution in [0.25, 0.3) is 11.2 Å². The summed E-state index contributed by atoms with van der Waals surface area (Å²) in [6.07, 6.45) is 3.96. The van der Waals surface area contributed by atoms with Crippen molar-refractivity contribution in [1.82, 2.24) is 19.5 Å². The van der Waals surface area contributed by atoms with E-state index in [1.807, 2.05) is 17.6 Å². The van der Waals surface area contributed by atoms with Gasteiger partial charge in [0.25, 0.3) is 0 Å². The molecular formula is C23H26ClFN8O2. The van der Waals surface area contributed by atoms with Crippen molar-refractivity contribution in [3.63, 3.8) is 0 Å². The molecule has 1 saturated carbocycles. The lowest BCUT2D eigenvalue weighted by Gasteiger charge is -2.35. The van der Waals surface area contributed by atoms with Crippen molar-refractivity contribution in [2.75, 3.05) is 17.2 Å². The summed E-state index contributed by atoms with van der Waals surface area (Å²) >= 11 is 6.27. The second-order valence-corrected chi connectivity index (χ2v) is 9.55. The third kappa shape index (κ3) is 4.85. The normalized spacial score (nSPS) is 20.9. The minimum atomic E-state index is -0.692. The Morgan fingerprint density at radius 3 is 2.74 bits per heavy atom. The number of amides is 1. The number of carbonyl (C=O) groups is 1. The molecule has 35 heavy (non-hydrogen) atoms. The monoisotopic (exact) mass is 500 g/mol. The van der Waals surface area contributed by atoms with E-state index in [1.54, 1.807) is 13.1 Å². The van der Waals surface area contributed by atoms with Crippen molar-refractivity contribution in [3.05, 3.63) is 34.7 Å². The van der Waals surface area contributed by atoms with E-state index in [0.29, 0.717) is 48.7 Å². The number of aliphatic hydroxyl groups excluding tert-OH is 1. The molecule has 3 aromatic rings. The number of hydrogen-bond acceptors (Lipinski definition) is 8. The van der Waals surface area contributed by atoms with Crippen LogP contribution in [0, 0.1) is 22.6 Å². The van der Waals surface area contributed by atoms with E-state index in [1.165, 1.54) is 6.07 Å². The number of imidazole rings is 1. The Labute approximate surface area is 206 Å². The molecule has 1 fully saturated rings. The van der Waals surface area contributed by atoms with Crippen LogP contribution in [0.2, 0.25) is 5.02 Å². The number of benzene rings is 1. The lowest BCUT2D eigenvalue weighted by atomic mass is 9.73. The molecule has 0 saturated heterocycles. The standard InChI is InChI=1S/C23H26ClFN8O2/c1-12(11-34)29-21-28-10-17-19(32-21)33(14-3-5-23(2,6-4-14)20(27)35)22(30-17)31-18-15(24)7-13(9-26)8-16(18)25/h7-8,10,12,14,34H,3-6,11H2,1-2H3,(H2,27,35)(H,30,31)(H,28,29,32)/t12-,14-,23+/m0/s1. The molecule has 1 atom stereocenters. The first-order valence-corrected chi connectivity index (χ1v) is 11.6. The van der Waals surface area contributed by atoms with Gasteiger partial charge in [-0.25, -0.2) is 14.4 Å². The SMILES string of the molecule is C[C@@H](CO)Nc1ncc2nc(Nc3c(F)cc(C#N)cc3Cl)n([C@H]3CC[C@@](C)(C(N)=O)CC3)c2n1. The smallest absolute Gasteiger partial charge is 0.225 e. The molecular weight excluding hydrogens is 475 g/mol. The fraction of sp³-hybridized carbons (Fsp3) is 0.435. The molecule has 1 amide bonds. The first-order chi connectivity index (χ1) is 16.6. The van der Waals surface area contributed by atoms with Gasteiger partial charge in [0.2, 0.25) is 17.8 Å². The van der Waals surface area contributed by atoms with Crippen LogP contribution in [0.5, 0.6) is 0 Å². The summed E-state index contributed by atoms with van der Waals surface area (Å²) in [7, 11) is 0. The summed E-state index contributed by atoms with van der Waals surface area (Å²) in [5, 5.41) is 24.5. The Morgan fingerprint density at radius 1 is 1.43 bits per heavy atom. The highest BCUT2D eigenvalue weighted by molar-refractivity contribution is 6.33. The van der Waals surface area contributed by atoms with Crippen molar-refractivity contribution in [1.29, 1.82) is 5.26 Å². The minimum Gasteiger partial charge on any atom is -0.394 e. The Kier molecular flexibility index (Phi) is 6.78. The molecule has 0 bridgehead atoms. The lowest BCUT2D eigenvalue weighted by Crippen LogP contribution is -2.38. The number of nitrogens with one attached hydrogen (secondary N) is 2. The van der Waals surface area contributed by atoms with Gasteiger partial charge < -0.3 is 21.5 Å². The molecule has 1 aromatic carbocycles. The number of anilines is 3. The molecule has 184 valence electrons. The average molecular weight is 501 g/mol. The first kappa shape index (κ1) is 24.6. The lowest BCUT2D eigenvalue weighted by molar-refractivity contribution is -0.128. The van der Waals surface area contributed by atoms with Gasteiger partial charge >= 0.3 is 0 Å². The zero-order valence-electron chi connectivity index (χ0n) is 19.3. The molecule has 12 heteroatoms. The predicted molar refractivity (Wildman–Crippen MR) is 130 cm³/mol. The Bertz CT molecular complexity index is 1290. The van der Waals surface area contributed by atoms with Crippen molar-refractivity contribution in [3.8, 4) is 6.07 Å². The summed E-state index contributed by atoms with van der Waals surface area (Å²) in [6.45, 7) is 3.56. The second-order valence-electron chi connectivity index (χ2n) is 9.14. The number of nitriles is 1. The van der Waals surface area contributed by atoms with Gasteiger partial charge in [-0.15, -0.1) is 0 Å². The number of rotatable bonds is 7. The molecule has 0 radical (unpaired) electrons. The van der Waals surface area contributed by atoms with Crippen LogP contribution in [-0.2, 0) is 4.79 Å². The topological polar surface area (TPSA) is 155 Å². The van der Waals surface area contributed by atoms with E-state index < -0.39 is 11.2 Å². The zero-order valence-corrected chi connectivity index (χ0v) is 20.1. The molecule has 2 heterocycles. The van der Waals surface area contributed by atoms with Crippen molar-refractivity contribution < 1.29 is 14.3 Å². The van der Waals surface area contributed by atoms with E-state index in [4.69, 9.17) is 22.6 Å². The Hall–Kier alpha value is -3.49. The molecule has 10 nitrogen and oxygen atoms in total. The fourth-order valence-electron chi connectivity index (χ4n) is 4.27. The maximum atomic E-state index is 14.8.